The van der Waals surface area contributed by atoms with Gasteiger partial charge in [-0.25, -0.2) is 0 Å². The molecule has 0 bridgehead atoms. The Labute approximate surface area is 154 Å². The molecule has 0 spiro atoms. The number of carbonyl (C=O) groups is 1. The maximum absolute atomic E-state index is 12.6. The summed E-state index contributed by atoms with van der Waals surface area (Å²) in [7, 11) is 1.64. The lowest BCUT2D eigenvalue weighted by Gasteiger charge is -2.20. The van der Waals surface area contributed by atoms with Gasteiger partial charge in [0.2, 0.25) is 5.91 Å². The van der Waals surface area contributed by atoms with Gasteiger partial charge in [0.1, 0.15) is 5.75 Å². The van der Waals surface area contributed by atoms with Crippen molar-refractivity contribution in [3.8, 4) is 5.75 Å². The predicted molar refractivity (Wildman–Crippen MR) is 103 cm³/mol. The van der Waals surface area contributed by atoms with Gasteiger partial charge in [-0.15, -0.1) is 0 Å². The van der Waals surface area contributed by atoms with E-state index in [1.807, 2.05) is 54.9 Å². The van der Waals surface area contributed by atoms with Gasteiger partial charge in [0.25, 0.3) is 0 Å². The summed E-state index contributed by atoms with van der Waals surface area (Å²) < 4.78 is 7.24. The third-order valence-corrected chi connectivity index (χ3v) is 4.44. The van der Waals surface area contributed by atoms with Crippen molar-refractivity contribution < 1.29 is 9.53 Å². The van der Waals surface area contributed by atoms with Crippen LogP contribution in [0.5, 0.6) is 5.75 Å². The van der Waals surface area contributed by atoms with E-state index in [1.54, 1.807) is 7.11 Å². The Kier molecular flexibility index (Phi) is 5.74. The number of nitrogens with one attached hydrogen (secondary N) is 1. The molecule has 0 saturated heterocycles. The number of aromatic nitrogens is 1. The normalized spacial score (nSPS) is 11.8. The van der Waals surface area contributed by atoms with Crippen LogP contribution in [0.2, 0.25) is 0 Å². The smallest absolute Gasteiger partial charge is 0.222 e. The summed E-state index contributed by atoms with van der Waals surface area (Å²) in [6.45, 7) is 2.58. The van der Waals surface area contributed by atoms with E-state index < -0.39 is 0 Å². The van der Waals surface area contributed by atoms with E-state index in [4.69, 9.17) is 4.74 Å². The van der Waals surface area contributed by atoms with Crippen LogP contribution in [-0.2, 0) is 11.3 Å². The van der Waals surface area contributed by atoms with Crippen LogP contribution in [0.15, 0.2) is 73.1 Å². The highest BCUT2D eigenvalue weighted by atomic mass is 16.5. The van der Waals surface area contributed by atoms with Gasteiger partial charge in [-0.2, -0.15) is 0 Å². The number of hydrogen-bond donors (Lipinski definition) is 1. The summed E-state index contributed by atoms with van der Waals surface area (Å²) in [5.41, 5.74) is 3.38. The van der Waals surface area contributed by atoms with Gasteiger partial charge >= 0.3 is 0 Å². The van der Waals surface area contributed by atoms with Crippen molar-refractivity contribution in [1.29, 1.82) is 0 Å². The fraction of sp³-hybridized carbons (Fsp3) is 0.227. The van der Waals surface area contributed by atoms with Gasteiger partial charge in [-0.1, -0.05) is 42.0 Å². The number of amides is 1. The minimum atomic E-state index is -0.0132. The van der Waals surface area contributed by atoms with Crippen molar-refractivity contribution >= 4 is 5.91 Å². The summed E-state index contributed by atoms with van der Waals surface area (Å²) in [6.07, 6.45) is 4.40. The number of aryl methyl sites for hydroxylation is 1. The zero-order valence-electron chi connectivity index (χ0n) is 15.2. The number of benzene rings is 2. The van der Waals surface area contributed by atoms with Crippen LogP contribution in [0.1, 0.15) is 29.2 Å². The lowest BCUT2D eigenvalue weighted by atomic mass is 10.0. The predicted octanol–water partition coefficient (Wildman–Crippen LogP) is 4.10. The molecule has 26 heavy (non-hydrogen) atoms. The van der Waals surface area contributed by atoms with Crippen LogP contribution < -0.4 is 10.1 Å². The molecule has 3 rings (SSSR count). The van der Waals surface area contributed by atoms with Crippen molar-refractivity contribution in [2.45, 2.75) is 25.9 Å². The SMILES string of the molecule is COc1ccc(CNC(=O)CC(c2cccc(C)c2)n2cccc2)cc1. The molecule has 0 fully saturated rings. The van der Waals surface area contributed by atoms with Crippen LogP contribution in [0, 0.1) is 6.92 Å². The molecule has 0 aliphatic rings. The molecule has 0 radical (unpaired) electrons. The number of rotatable bonds is 7. The molecule has 1 atom stereocenters. The van der Waals surface area contributed by atoms with E-state index in [2.05, 4.69) is 35.0 Å². The highest BCUT2D eigenvalue weighted by Gasteiger charge is 2.17. The Bertz CT molecular complexity index is 839. The first-order valence-corrected chi connectivity index (χ1v) is 8.74. The molecule has 0 aliphatic carbocycles. The van der Waals surface area contributed by atoms with Crippen LogP contribution in [0.4, 0.5) is 0 Å². The first-order chi connectivity index (χ1) is 12.7. The number of ether oxygens (including phenoxy) is 1. The Morgan fingerprint density at radius 2 is 1.81 bits per heavy atom. The molecule has 1 heterocycles. The van der Waals surface area contributed by atoms with E-state index in [-0.39, 0.29) is 11.9 Å². The van der Waals surface area contributed by atoms with Crippen molar-refractivity contribution in [2.75, 3.05) is 7.11 Å². The zero-order valence-corrected chi connectivity index (χ0v) is 15.2. The molecule has 1 unspecified atom stereocenters. The minimum Gasteiger partial charge on any atom is -0.497 e. The third kappa shape index (κ3) is 4.54. The van der Waals surface area contributed by atoms with Gasteiger partial charge < -0.3 is 14.6 Å². The van der Waals surface area contributed by atoms with E-state index in [0.717, 1.165) is 16.9 Å². The average Bonchev–Trinajstić information content (AvgIpc) is 3.19. The average molecular weight is 348 g/mol. The van der Waals surface area contributed by atoms with Gasteiger partial charge in [0, 0.05) is 18.9 Å². The van der Waals surface area contributed by atoms with Crippen LogP contribution in [0.25, 0.3) is 0 Å². The highest BCUT2D eigenvalue weighted by Crippen LogP contribution is 2.23. The van der Waals surface area contributed by atoms with Crippen molar-refractivity contribution in [3.63, 3.8) is 0 Å². The largest absolute Gasteiger partial charge is 0.497 e. The lowest BCUT2D eigenvalue weighted by molar-refractivity contribution is -0.121. The summed E-state index contributed by atoms with van der Waals surface area (Å²) in [5, 5.41) is 3.02. The number of methoxy groups -OCH3 is 1. The molecule has 1 N–H and O–H groups in total. The first kappa shape index (κ1) is 17.8. The zero-order chi connectivity index (χ0) is 18.4. The number of carbonyl (C=O) groups excluding carboxylic acids is 1. The van der Waals surface area contributed by atoms with E-state index in [1.165, 1.54) is 5.56 Å². The van der Waals surface area contributed by atoms with Gasteiger partial charge in [0.05, 0.1) is 19.6 Å². The van der Waals surface area contributed by atoms with Crippen LogP contribution in [-0.4, -0.2) is 17.6 Å². The standard InChI is InChI=1S/C22H24N2O2/c1-17-6-5-7-19(14-17)21(24-12-3-4-13-24)15-22(25)23-16-18-8-10-20(26-2)11-9-18/h3-14,21H,15-16H2,1-2H3,(H,23,25). The van der Waals surface area contributed by atoms with E-state index >= 15 is 0 Å². The van der Waals surface area contributed by atoms with Crippen molar-refractivity contribution in [3.05, 3.63) is 89.7 Å². The molecule has 0 saturated carbocycles. The topological polar surface area (TPSA) is 43.3 Å². The summed E-state index contributed by atoms with van der Waals surface area (Å²) >= 11 is 0. The van der Waals surface area contributed by atoms with Crippen molar-refractivity contribution in [1.82, 2.24) is 9.88 Å². The molecule has 134 valence electrons. The molecular weight excluding hydrogens is 324 g/mol. The molecule has 3 aromatic rings. The van der Waals surface area contributed by atoms with Gasteiger partial charge in [-0.3, -0.25) is 4.79 Å². The highest BCUT2D eigenvalue weighted by molar-refractivity contribution is 5.76. The second-order valence-electron chi connectivity index (χ2n) is 6.39. The molecule has 4 heteroatoms. The second-order valence-corrected chi connectivity index (χ2v) is 6.39. The van der Waals surface area contributed by atoms with E-state index in [0.29, 0.717) is 13.0 Å². The first-order valence-electron chi connectivity index (χ1n) is 8.74. The van der Waals surface area contributed by atoms with Gasteiger partial charge in [-0.05, 0) is 42.3 Å². The number of hydrogen-bond acceptors (Lipinski definition) is 2. The molecule has 0 aliphatic heterocycles. The second kappa shape index (κ2) is 8.39. The fourth-order valence-electron chi connectivity index (χ4n) is 3.02. The molecule has 1 amide bonds. The summed E-state index contributed by atoms with van der Waals surface area (Å²) in [4.78, 5) is 12.6. The fourth-order valence-corrected chi connectivity index (χ4v) is 3.02. The van der Waals surface area contributed by atoms with Crippen LogP contribution >= 0.6 is 0 Å². The maximum Gasteiger partial charge on any atom is 0.222 e. The Hall–Kier alpha value is -3.01. The third-order valence-electron chi connectivity index (χ3n) is 4.44. The monoisotopic (exact) mass is 348 g/mol. The molecular formula is C22H24N2O2. The lowest BCUT2D eigenvalue weighted by Crippen LogP contribution is -2.26. The Morgan fingerprint density at radius 3 is 2.46 bits per heavy atom. The molecule has 4 nitrogen and oxygen atoms in total. The van der Waals surface area contributed by atoms with Gasteiger partial charge in [0.15, 0.2) is 0 Å². The summed E-state index contributed by atoms with van der Waals surface area (Å²) in [6, 6.07) is 20.0. The quantitative estimate of drug-likeness (QED) is 0.698. The maximum atomic E-state index is 12.6. The van der Waals surface area contributed by atoms with Crippen molar-refractivity contribution in [2.24, 2.45) is 0 Å². The molecule has 1 aromatic heterocycles. The number of nitrogens with zero attached hydrogens (tertiary/aromatic N) is 1. The van der Waals surface area contributed by atoms with E-state index in [9.17, 15) is 4.79 Å². The Morgan fingerprint density at radius 1 is 1.08 bits per heavy atom. The molecule has 2 aromatic carbocycles. The Balaban J connectivity index is 1.67. The van der Waals surface area contributed by atoms with Crippen LogP contribution in [0.3, 0.4) is 0 Å². The minimum absolute atomic E-state index is 0.0132. The summed E-state index contributed by atoms with van der Waals surface area (Å²) in [5.74, 6) is 0.841.